The Kier molecular flexibility index (Phi) is 3.28. The highest BCUT2D eigenvalue weighted by Gasteiger charge is 2.08. The Morgan fingerprint density at radius 1 is 1.15 bits per heavy atom. The second-order valence-corrected chi connectivity index (χ2v) is 6.40. The standard InChI is InChI=1S/C15H14ClN3S/c1-8-3-4-10(16)5-12(8)19-13-7-14-15(6-11(13)17)20-9(2)18-14/h3-7,19H,17H2,1-2H3. The number of benzene rings is 2. The molecule has 0 aliphatic heterocycles. The molecule has 20 heavy (non-hydrogen) atoms. The number of nitrogens with one attached hydrogen (secondary N) is 1. The third kappa shape index (κ3) is 2.44. The Hall–Kier alpha value is -1.78. The maximum Gasteiger partial charge on any atom is 0.0907 e. The lowest BCUT2D eigenvalue weighted by Gasteiger charge is -2.12. The molecule has 3 rings (SSSR count). The molecule has 0 fully saturated rings. The fraction of sp³-hybridized carbons (Fsp3) is 0.133. The van der Waals surface area contributed by atoms with Crippen LogP contribution in [0.4, 0.5) is 17.1 Å². The number of thiazole rings is 1. The van der Waals surface area contributed by atoms with Crippen LogP contribution >= 0.6 is 22.9 Å². The lowest BCUT2D eigenvalue weighted by atomic mass is 10.2. The van der Waals surface area contributed by atoms with Gasteiger partial charge in [-0.1, -0.05) is 17.7 Å². The topological polar surface area (TPSA) is 50.9 Å². The van der Waals surface area contributed by atoms with Crippen molar-refractivity contribution in [3.63, 3.8) is 0 Å². The van der Waals surface area contributed by atoms with Crippen LogP contribution in [0.1, 0.15) is 10.6 Å². The summed E-state index contributed by atoms with van der Waals surface area (Å²) in [7, 11) is 0. The molecule has 0 spiro atoms. The SMILES string of the molecule is Cc1nc2cc(Nc3cc(Cl)ccc3C)c(N)cc2s1. The number of fused-ring (bicyclic) bond motifs is 1. The summed E-state index contributed by atoms with van der Waals surface area (Å²) in [6.07, 6.45) is 0. The van der Waals surface area contributed by atoms with Gasteiger partial charge in [-0.3, -0.25) is 0 Å². The number of nitrogen functional groups attached to an aromatic ring is 1. The van der Waals surface area contributed by atoms with E-state index < -0.39 is 0 Å². The van der Waals surface area contributed by atoms with E-state index in [1.165, 1.54) is 0 Å². The predicted molar refractivity (Wildman–Crippen MR) is 88.2 cm³/mol. The molecule has 0 atom stereocenters. The molecule has 0 aliphatic carbocycles. The largest absolute Gasteiger partial charge is 0.397 e. The average molecular weight is 304 g/mol. The zero-order chi connectivity index (χ0) is 14.3. The molecule has 0 unspecified atom stereocenters. The summed E-state index contributed by atoms with van der Waals surface area (Å²) in [6.45, 7) is 4.02. The lowest BCUT2D eigenvalue weighted by molar-refractivity contribution is 1.34. The van der Waals surface area contributed by atoms with Gasteiger partial charge in [-0.05, 0) is 43.7 Å². The Balaban J connectivity index is 2.05. The summed E-state index contributed by atoms with van der Waals surface area (Å²) in [4.78, 5) is 4.49. The van der Waals surface area contributed by atoms with Crippen LogP contribution in [-0.4, -0.2) is 4.98 Å². The second-order valence-electron chi connectivity index (χ2n) is 4.72. The van der Waals surface area contributed by atoms with Crippen LogP contribution in [-0.2, 0) is 0 Å². The van der Waals surface area contributed by atoms with Gasteiger partial charge in [0.25, 0.3) is 0 Å². The van der Waals surface area contributed by atoms with E-state index in [0.717, 1.165) is 32.2 Å². The zero-order valence-corrected chi connectivity index (χ0v) is 12.8. The smallest absolute Gasteiger partial charge is 0.0907 e. The van der Waals surface area contributed by atoms with Crippen molar-refractivity contribution in [2.45, 2.75) is 13.8 Å². The van der Waals surface area contributed by atoms with E-state index in [-0.39, 0.29) is 0 Å². The highest BCUT2D eigenvalue weighted by molar-refractivity contribution is 7.18. The van der Waals surface area contributed by atoms with Gasteiger partial charge in [0.1, 0.15) is 0 Å². The van der Waals surface area contributed by atoms with E-state index in [0.29, 0.717) is 10.7 Å². The molecular formula is C15H14ClN3S. The van der Waals surface area contributed by atoms with Crippen molar-refractivity contribution in [2.75, 3.05) is 11.1 Å². The van der Waals surface area contributed by atoms with Crippen molar-refractivity contribution in [3.8, 4) is 0 Å². The van der Waals surface area contributed by atoms with Gasteiger partial charge in [0.2, 0.25) is 0 Å². The molecule has 2 aromatic carbocycles. The molecule has 0 bridgehead atoms. The maximum absolute atomic E-state index is 6.12. The van der Waals surface area contributed by atoms with Gasteiger partial charge in [-0.15, -0.1) is 11.3 Å². The fourth-order valence-electron chi connectivity index (χ4n) is 2.09. The first-order valence-electron chi connectivity index (χ1n) is 6.23. The molecule has 3 N–H and O–H groups in total. The van der Waals surface area contributed by atoms with Crippen LogP contribution < -0.4 is 11.1 Å². The van der Waals surface area contributed by atoms with E-state index in [2.05, 4.69) is 10.3 Å². The summed E-state index contributed by atoms with van der Waals surface area (Å²) in [5, 5.41) is 5.07. The number of hydrogen-bond acceptors (Lipinski definition) is 4. The van der Waals surface area contributed by atoms with Crippen molar-refractivity contribution in [2.24, 2.45) is 0 Å². The Bertz CT molecular complexity index is 795. The summed E-state index contributed by atoms with van der Waals surface area (Å²) in [5.74, 6) is 0. The van der Waals surface area contributed by atoms with E-state index in [1.54, 1.807) is 11.3 Å². The van der Waals surface area contributed by atoms with Gasteiger partial charge in [0, 0.05) is 10.7 Å². The Labute approximate surface area is 126 Å². The third-order valence-electron chi connectivity index (χ3n) is 3.14. The minimum absolute atomic E-state index is 0.697. The highest BCUT2D eigenvalue weighted by atomic mass is 35.5. The first kappa shape index (κ1) is 13.2. The zero-order valence-electron chi connectivity index (χ0n) is 11.2. The lowest BCUT2D eigenvalue weighted by Crippen LogP contribution is -1.97. The summed E-state index contributed by atoms with van der Waals surface area (Å²) < 4.78 is 1.10. The molecule has 1 heterocycles. The molecule has 1 aromatic heterocycles. The molecule has 0 radical (unpaired) electrons. The maximum atomic E-state index is 6.12. The monoisotopic (exact) mass is 303 g/mol. The van der Waals surface area contributed by atoms with Crippen molar-refractivity contribution in [3.05, 3.63) is 45.9 Å². The van der Waals surface area contributed by atoms with E-state index in [4.69, 9.17) is 17.3 Å². The van der Waals surface area contributed by atoms with Crippen LogP contribution in [0.3, 0.4) is 0 Å². The molecule has 102 valence electrons. The Morgan fingerprint density at radius 3 is 2.75 bits per heavy atom. The summed E-state index contributed by atoms with van der Waals surface area (Å²) >= 11 is 7.69. The predicted octanol–water partition coefficient (Wildman–Crippen LogP) is 4.89. The molecule has 0 saturated carbocycles. The average Bonchev–Trinajstić information content (AvgIpc) is 2.73. The van der Waals surface area contributed by atoms with Gasteiger partial charge in [-0.2, -0.15) is 0 Å². The highest BCUT2D eigenvalue weighted by Crippen LogP contribution is 2.32. The van der Waals surface area contributed by atoms with Gasteiger partial charge < -0.3 is 11.1 Å². The van der Waals surface area contributed by atoms with E-state index >= 15 is 0 Å². The number of aryl methyl sites for hydroxylation is 2. The summed E-state index contributed by atoms with van der Waals surface area (Å²) in [6, 6.07) is 9.69. The number of nitrogens with two attached hydrogens (primary N) is 1. The quantitative estimate of drug-likeness (QED) is 0.663. The van der Waals surface area contributed by atoms with Crippen LogP contribution in [0, 0.1) is 13.8 Å². The minimum atomic E-state index is 0.697. The van der Waals surface area contributed by atoms with Gasteiger partial charge >= 0.3 is 0 Å². The third-order valence-corrected chi connectivity index (χ3v) is 4.30. The van der Waals surface area contributed by atoms with Crippen LogP contribution in [0.5, 0.6) is 0 Å². The number of nitrogens with zero attached hydrogens (tertiary/aromatic N) is 1. The van der Waals surface area contributed by atoms with Crippen molar-refractivity contribution >= 4 is 50.2 Å². The minimum Gasteiger partial charge on any atom is -0.397 e. The molecule has 0 saturated heterocycles. The van der Waals surface area contributed by atoms with E-state index in [1.807, 2.05) is 44.2 Å². The molecule has 0 aliphatic rings. The van der Waals surface area contributed by atoms with Crippen LogP contribution in [0.2, 0.25) is 5.02 Å². The van der Waals surface area contributed by atoms with Gasteiger partial charge in [0.05, 0.1) is 26.6 Å². The van der Waals surface area contributed by atoms with Crippen molar-refractivity contribution in [1.29, 1.82) is 0 Å². The van der Waals surface area contributed by atoms with Crippen LogP contribution in [0.25, 0.3) is 10.2 Å². The normalized spacial score (nSPS) is 10.9. The van der Waals surface area contributed by atoms with E-state index in [9.17, 15) is 0 Å². The molecule has 5 heteroatoms. The first-order valence-corrected chi connectivity index (χ1v) is 7.42. The second kappa shape index (κ2) is 4.96. The van der Waals surface area contributed by atoms with Gasteiger partial charge in [-0.25, -0.2) is 4.98 Å². The number of halogens is 1. The molecular weight excluding hydrogens is 290 g/mol. The van der Waals surface area contributed by atoms with Gasteiger partial charge in [0.15, 0.2) is 0 Å². The van der Waals surface area contributed by atoms with Crippen molar-refractivity contribution in [1.82, 2.24) is 4.98 Å². The first-order chi connectivity index (χ1) is 9.52. The fourth-order valence-corrected chi connectivity index (χ4v) is 3.12. The van der Waals surface area contributed by atoms with Crippen LogP contribution in [0.15, 0.2) is 30.3 Å². The number of rotatable bonds is 2. The molecule has 0 amide bonds. The number of aromatic nitrogens is 1. The Morgan fingerprint density at radius 2 is 1.95 bits per heavy atom. The summed E-state index contributed by atoms with van der Waals surface area (Å²) in [5.41, 5.74) is 10.7. The number of hydrogen-bond donors (Lipinski definition) is 2. The van der Waals surface area contributed by atoms with Crippen molar-refractivity contribution < 1.29 is 0 Å². The molecule has 3 aromatic rings. The molecule has 3 nitrogen and oxygen atoms in total. The number of anilines is 3.